The van der Waals surface area contributed by atoms with E-state index in [0.29, 0.717) is 30.7 Å². The zero-order valence-electron chi connectivity index (χ0n) is 12.6. The molecule has 1 heterocycles. The Labute approximate surface area is 136 Å². The van der Waals surface area contributed by atoms with Gasteiger partial charge in [-0.25, -0.2) is 8.78 Å². The molecule has 0 saturated carbocycles. The standard InChI is InChI=1S/C17H14F2N2O3/c18-12-7-11(8-13(19)9-12)17(23)20-10-16(22)21-5-6-24-15-4-2-1-3-14(15)21/h1-4,7-9H,5-6,10H2,(H,20,23). The predicted octanol–water partition coefficient (Wildman–Crippen LogP) is 2.12. The topological polar surface area (TPSA) is 58.6 Å². The molecule has 2 amide bonds. The highest BCUT2D eigenvalue weighted by atomic mass is 19.1. The SMILES string of the molecule is O=C(NCC(=O)N1CCOc2ccccc21)c1cc(F)cc(F)c1. The molecule has 0 aromatic heterocycles. The van der Waals surface area contributed by atoms with E-state index < -0.39 is 17.5 Å². The van der Waals surface area contributed by atoms with Gasteiger partial charge in [-0.2, -0.15) is 0 Å². The van der Waals surface area contributed by atoms with Crippen LogP contribution in [0, 0.1) is 11.6 Å². The van der Waals surface area contributed by atoms with Crippen LogP contribution in [0.3, 0.4) is 0 Å². The largest absolute Gasteiger partial charge is 0.490 e. The Morgan fingerprint density at radius 2 is 1.83 bits per heavy atom. The molecule has 24 heavy (non-hydrogen) atoms. The molecule has 1 N–H and O–H groups in total. The average molecular weight is 332 g/mol. The van der Waals surface area contributed by atoms with E-state index in [0.717, 1.165) is 12.1 Å². The number of carbonyl (C=O) groups is 2. The number of fused-ring (bicyclic) bond motifs is 1. The van der Waals surface area contributed by atoms with Gasteiger partial charge in [0.2, 0.25) is 5.91 Å². The molecular formula is C17H14F2N2O3. The summed E-state index contributed by atoms with van der Waals surface area (Å²) in [6.07, 6.45) is 0. The summed E-state index contributed by atoms with van der Waals surface area (Å²) in [4.78, 5) is 25.8. The summed E-state index contributed by atoms with van der Waals surface area (Å²) < 4.78 is 31.7. The first-order valence-electron chi connectivity index (χ1n) is 7.31. The fraction of sp³-hybridized carbons (Fsp3) is 0.176. The first kappa shape index (κ1) is 15.9. The number of hydrogen-bond acceptors (Lipinski definition) is 3. The van der Waals surface area contributed by atoms with Gasteiger partial charge < -0.3 is 15.0 Å². The Hall–Kier alpha value is -2.96. The zero-order valence-corrected chi connectivity index (χ0v) is 12.6. The molecule has 0 saturated heterocycles. The van der Waals surface area contributed by atoms with Crippen LogP contribution in [0.2, 0.25) is 0 Å². The van der Waals surface area contributed by atoms with Crippen LogP contribution < -0.4 is 15.0 Å². The fourth-order valence-electron chi connectivity index (χ4n) is 2.47. The number of para-hydroxylation sites is 2. The van der Waals surface area contributed by atoms with Crippen molar-refractivity contribution >= 4 is 17.5 Å². The number of anilines is 1. The quantitative estimate of drug-likeness (QED) is 0.937. The lowest BCUT2D eigenvalue weighted by Gasteiger charge is -2.29. The lowest BCUT2D eigenvalue weighted by Crippen LogP contribution is -2.44. The smallest absolute Gasteiger partial charge is 0.251 e. The number of benzene rings is 2. The van der Waals surface area contributed by atoms with E-state index in [1.165, 1.54) is 4.90 Å². The van der Waals surface area contributed by atoms with E-state index in [1.807, 2.05) is 0 Å². The molecule has 5 nitrogen and oxygen atoms in total. The maximum absolute atomic E-state index is 13.1. The maximum atomic E-state index is 13.1. The molecule has 0 radical (unpaired) electrons. The minimum absolute atomic E-state index is 0.178. The number of amides is 2. The summed E-state index contributed by atoms with van der Waals surface area (Å²) in [7, 11) is 0. The van der Waals surface area contributed by atoms with Crippen molar-refractivity contribution < 1.29 is 23.1 Å². The number of rotatable bonds is 3. The summed E-state index contributed by atoms with van der Waals surface area (Å²) in [5.41, 5.74) is 0.447. The Kier molecular flexibility index (Phi) is 4.41. The van der Waals surface area contributed by atoms with Crippen molar-refractivity contribution in [1.29, 1.82) is 0 Å². The molecule has 0 unspecified atom stereocenters. The molecule has 0 atom stereocenters. The highest BCUT2D eigenvalue weighted by Crippen LogP contribution is 2.30. The van der Waals surface area contributed by atoms with Gasteiger partial charge in [-0.3, -0.25) is 9.59 Å². The second-order valence-electron chi connectivity index (χ2n) is 5.20. The van der Waals surface area contributed by atoms with E-state index in [9.17, 15) is 18.4 Å². The minimum Gasteiger partial charge on any atom is -0.490 e. The molecule has 0 bridgehead atoms. The minimum atomic E-state index is -0.853. The second-order valence-corrected chi connectivity index (χ2v) is 5.20. The van der Waals surface area contributed by atoms with Crippen LogP contribution in [0.25, 0.3) is 0 Å². The predicted molar refractivity (Wildman–Crippen MR) is 83.0 cm³/mol. The summed E-state index contributed by atoms with van der Waals surface area (Å²) in [6.45, 7) is 0.428. The zero-order chi connectivity index (χ0) is 17.1. The van der Waals surface area contributed by atoms with Crippen molar-refractivity contribution in [2.45, 2.75) is 0 Å². The van der Waals surface area contributed by atoms with Crippen molar-refractivity contribution in [3.63, 3.8) is 0 Å². The molecule has 2 aromatic carbocycles. The first-order chi connectivity index (χ1) is 11.5. The first-order valence-corrected chi connectivity index (χ1v) is 7.31. The van der Waals surface area contributed by atoms with Crippen LogP contribution in [0.15, 0.2) is 42.5 Å². The van der Waals surface area contributed by atoms with Crippen molar-refractivity contribution in [2.24, 2.45) is 0 Å². The van der Waals surface area contributed by atoms with Gasteiger partial charge in [0.15, 0.2) is 0 Å². The number of nitrogens with one attached hydrogen (secondary N) is 1. The number of carbonyl (C=O) groups excluding carboxylic acids is 2. The number of ether oxygens (including phenoxy) is 1. The van der Waals surface area contributed by atoms with E-state index in [-0.39, 0.29) is 18.0 Å². The van der Waals surface area contributed by atoms with Gasteiger partial charge in [-0.15, -0.1) is 0 Å². The molecule has 7 heteroatoms. The Bertz CT molecular complexity index is 775. The van der Waals surface area contributed by atoms with Crippen LogP contribution in [0.4, 0.5) is 14.5 Å². The average Bonchev–Trinajstić information content (AvgIpc) is 2.58. The number of hydrogen-bond donors (Lipinski definition) is 1. The Balaban J connectivity index is 1.67. The van der Waals surface area contributed by atoms with E-state index in [1.54, 1.807) is 24.3 Å². The van der Waals surface area contributed by atoms with Gasteiger partial charge in [-0.05, 0) is 24.3 Å². The molecule has 0 aliphatic carbocycles. The molecule has 0 fully saturated rings. The Morgan fingerprint density at radius 1 is 1.12 bits per heavy atom. The van der Waals surface area contributed by atoms with Crippen molar-refractivity contribution in [2.75, 3.05) is 24.6 Å². The van der Waals surface area contributed by atoms with Crippen LogP contribution in [-0.4, -0.2) is 31.5 Å². The van der Waals surface area contributed by atoms with Crippen molar-refractivity contribution in [3.05, 3.63) is 59.7 Å². The molecule has 1 aliphatic rings. The second kappa shape index (κ2) is 6.66. The van der Waals surface area contributed by atoms with Crippen molar-refractivity contribution in [1.82, 2.24) is 5.32 Å². The maximum Gasteiger partial charge on any atom is 0.251 e. The normalized spacial score (nSPS) is 13.0. The highest BCUT2D eigenvalue weighted by molar-refractivity contribution is 6.01. The van der Waals surface area contributed by atoms with Crippen molar-refractivity contribution in [3.8, 4) is 5.75 Å². The molecule has 2 aromatic rings. The third kappa shape index (κ3) is 3.34. The Morgan fingerprint density at radius 3 is 2.58 bits per heavy atom. The molecule has 0 spiro atoms. The van der Waals surface area contributed by atoms with Gasteiger partial charge >= 0.3 is 0 Å². The summed E-state index contributed by atoms with van der Waals surface area (Å²) in [6, 6.07) is 9.57. The van der Waals surface area contributed by atoms with Gasteiger partial charge in [0.25, 0.3) is 5.91 Å². The van der Waals surface area contributed by atoms with Crippen LogP contribution in [0.5, 0.6) is 5.75 Å². The lowest BCUT2D eigenvalue weighted by atomic mass is 10.2. The van der Waals surface area contributed by atoms with E-state index in [4.69, 9.17) is 4.74 Å². The summed E-state index contributed by atoms with van der Waals surface area (Å²) in [5, 5.41) is 2.38. The third-order valence-corrected chi connectivity index (χ3v) is 3.55. The fourth-order valence-corrected chi connectivity index (χ4v) is 2.47. The van der Waals surface area contributed by atoms with Gasteiger partial charge in [0.1, 0.15) is 24.0 Å². The van der Waals surface area contributed by atoms with Crippen LogP contribution in [-0.2, 0) is 4.79 Å². The summed E-state index contributed by atoms with van der Waals surface area (Å²) >= 11 is 0. The lowest BCUT2D eigenvalue weighted by molar-refractivity contribution is -0.117. The number of halogens is 2. The monoisotopic (exact) mass is 332 g/mol. The van der Waals surface area contributed by atoms with E-state index in [2.05, 4.69) is 5.32 Å². The molecule has 1 aliphatic heterocycles. The van der Waals surface area contributed by atoms with Crippen LogP contribution >= 0.6 is 0 Å². The molecular weight excluding hydrogens is 318 g/mol. The third-order valence-electron chi connectivity index (χ3n) is 3.55. The molecule has 124 valence electrons. The van der Waals surface area contributed by atoms with E-state index >= 15 is 0 Å². The molecule has 3 rings (SSSR count). The summed E-state index contributed by atoms with van der Waals surface area (Å²) in [5.74, 6) is -2.17. The van der Waals surface area contributed by atoms with Gasteiger partial charge in [0, 0.05) is 11.6 Å². The van der Waals surface area contributed by atoms with Crippen LogP contribution in [0.1, 0.15) is 10.4 Å². The van der Waals surface area contributed by atoms with Gasteiger partial charge in [0.05, 0.1) is 18.8 Å². The van der Waals surface area contributed by atoms with Gasteiger partial charge in [-0.1, -0.05) is 12.1 Å². The highest BCUT2D eigenvalue weighted by Gasteiger charge is 2.23. The number of nitrogens with zero attached hydrogens (tertiary/aromatic N) is 1.